The van der Waals surface area contributed by atoms with Crippen LogP contribution < -0.4 is 11.1 Å². The fraction of sp³-hybridized carbons (Fsp3) is 0.571. The lowest BCUT2D eigenvalue weighted by Gasteiger charge is -2.04. The van der Waals surface area contributed by atoms with Gasteiger partial charge in [0.1, 0.15) is 0 Å². The zero-order chi connectivity index (χ0) is 8.15. The van der Waals surface area contributed by atoms with Crippen LogP contribution in [0.2, 0.25) is 0 Å². The predicted octanol–water partition coefficient (Wildman–Crippen LogP) is 0.375. The molecular formula is C7H14N2O. The smallest absolute Gasteiger partial charge is 0.246 e. The molecule has 0 aliphatic rings. The number of nitrogens with two attached hydrogens (primary N) is 1. The van der Waals surface area contributed by atoms with E-state index >= 15 is 0 Å². The summed E-state index contributed by atoms with van der Waals surface area (Å²) >= 11 is 0. The monoisotopic (exact) mass is 142 g/mol. The molecule has 0 heterocycles. The Kier molecular flexibility index (Phi) is 3.54. The van der Waals surface area contributed by atoms with Gasteiger partial charge >= 0.3 is 0 Å². The van der Waals surface area contributed by atoms with Gasteiger partial charge in [-0.1, -0.05) is 0 Å². The average Bonchev–Trinajstić information content (AvgIpc) is 1.87. The van der Waals surface area contributed by atoms with Gasteiger partial charge in [-0.15, -0.1) is 0 Å². The summed E-state index contributed by atoms with van der Waals surface area (Å²) in [5.74, 6) is -0.363. The van der Waals surface area contributed by atoms with Gasteiger partial charge < -0.3 is 11.1 Å². The molecule has 0 spiro atoms. The first kappa shape index (κ1) is 9.01. The summed E-state index contributed by atoms with van der Waals surface area (Å²) in [4.78, 5) is 10.5. The Balaban J connectivity index is 4.19. The molecule has 3 N–H and O–H groups in total. The molecule has 0 rings (SSSR count). The van der Waals surface area contributed by atoms with E-state index in [9.17, 15) is 4.79 Å². The highest BCUT2D eigenvalue weighted by Gasteiger charge is 2.00. The van der Waals surface area contributed by atoms with Crippen LogP contribution in [0.25, 0.3) is 0 Å². The second kappa shape index (κ2) is 3.93. The highest BCUT2D eigenvalue weighted by atomic mass is 16.1. The number of rotatable bonds is 3. The standard InChI is InChI=1S/C7H14N2O/c1-4-9-6(3)5(2)7(8)10/h9H,4H2,1-3H3,(H2,8,10)/b6-5-. The Bertz CT molecular complexity index is 161. The maximum absolute atomic E-state index is 10.5. The number of primary amides is 1. The van der Waals surface area contributed by atoms with E-state index in [2.05, 4.69) is 5.32 Å². The molecule has 0 bridgehead atoms. The zero-order valence-corrected chi connectivity index (χ0v) is 6.69. The van der Waals surface area contributed by atoms with Gasteiger partial charge in [0.25, 0.3) is 0 Å². The molecule has 0 saturated heterocycles. The van der Waals surface area contributed by atoms with E-state index in [1.54, 1.807) is 6.92 Å². The van der Waals surface area contributed by atoms with Crippen LogP contribution in [0, 0.1) is 0 Å². The van der Waals surface area contributed by atoms with Crippen molar-refractivity contribution in [2.24, 2.45) is 5.73 Å². The summed E-state index contributed by atoms with van der Waals surface area (Å²) in [6.07, 6.45) is 0. The van der Waals surface area contributed by atoms with Crippen LogP contribution >= 0.6 is 0 Å². The summed E-state index contributed by atoms with van der Waals surface area (Å²) in [6, 6.07) is 0. The third-order valence-electron chi connectivity index (χ3n) is 1.37. The zero-order valence-electron chi connectivity index (χ0n) is 6.69. The minimum absolute atomic E-state index is 0.363. The molecule has 3 heteroatoms. The van der Waals surface area contributed by atoms with Gasteiger partial charge in [-0.05, 0) is 20.8 Å². The molecule has 0 aliphatic carbocycles. The molecule has 0 saturated carbocycles. The molecule has 0 aliphatic heterocycles. The van der Waals surface area contributed by atoms with Crippen molar-refractivity contribution in [1.29, 1.82) is 0 Å². The molecule has 0 aromatic carbocycles. The summed E-state index contributed by atoms with van der Waals surface area (Å²) < 4.78 is 0. The topological polar surface area (TPSA) is 55.1 Å². The summed E-state index contributed by atoms with van der Waals surface area (Å²) in [5.41, 5.74) is 6.49. The van der Waals surface area contributed by atoms with Crippen molar-refractivity contribution < 1.29 is 4.79 Å². The number of nitrogens with one attached hydrogen (secondary N) is 1. The van der Waals surface area contributed by atoms with E-state index in [0.29, 0.717) is 5.57 Å². The second-order valence-corrected chi connectivity index (χ2v) is 2.14. The van der Waals surface area contributed by atoms with Gasteiger partial charge in [0, 0.05) is 17.8 Å². The number of carbonyl (C=O) groups excluding carboxylic acids is 1. The SMILES string of the molecule is CCN/C(C)=C(/C)C(N)=O. The van der Waals surface area contributed by atoms with Crippen molar-refractivity contribution in [3.8, 4) is 0 Å². The molecule has 0 fully saturated rings. The van der Waals surface area contributed by atoms with Gasteiger partial charge in [-0.2, -0.15) is 0 Å². The molecule has 1 amide bonds. The average molecular weight is 142 g/mol. The van der Waals surface area contributed by atoms with Crippen LogP contribution in [-0.2, 0) is 4.79 Å². The van der Waals surface area contributed by atoms with Gasteiger partial charge in [0.05, 0.1) is 0 Å². The fourth-order valence-electron chi connectivity index (χ4n) is 0.583. The van der Waals surface area contributed by atoms with Crippen molar-refractivity contribution in [1.82, 2.24) is 5.32 Å². The van der Waals surface area contributed by atoms with Crippen LogP contribution in [0.15, 0.2) is 11.3 Å². The first-order valence-corrected chi connectivity index (χ1v) is 3.30. The predicted molar refractivity (Wildman–Crippen MR) is 41.2 cm³/mol. The summed E-state index contributed by atoms with van der Waals surface area (Å²) in [5, 5.41) is 3.01. The summed E-state index contributed by atoms with van der Waals surface area (Å²) in [6.45, 7) is 6.33. The largest absolute Gasteiger partial charge is 0.388 e. The number of amides is 1. The molecule has 0 atom stereocenters. The molecule has 0 aromatic rings. The summed E-state index contributed by atoms with van der Waals surface area (Å²) in [7, 11) is 0. The Hall–Kier alpha value is -0.990. The van der Waals surface area contributed by atoms with Gasteiger partial charge in [-0.25, -0.2) is 0 Å². The van der Waals surface area contributed by atoms with Gasteiger partial charge in [0.2, 0.25) is 5.91 Å². The van der Waals surface area contributed by atoms with Crippen molar-refractivity contribution in [3.05, 3.63) is 11.3 Å². The van der Waals surface area contributed by atoms with Crippen molar-refractivity contribution in [3.63, 3.8) is 0 Å². The van der Waals surface area contributed by atoms with Crippen LogP contribution in [-0.4, -0.2) is 12.5 Å². The third-order valence-corrected chi connectivity index (χ3v) is 1.37. The third kappa shape index (κ3) is 2.53. The van der Waals surface area contributed by atoms with Crippen molar-refractivity contribution in [2.45, 2.75) is 20.8 Å². The highest BCUT2D eigenvalue weighted by molar-refractivity contribution is 5.91. The molecule has 0 aromatic heterocycles. The van der Waals surface area contributed by atoms with E-state index < -0.39 is 0 Å². The second-order valence-electron chi connectivity index (χ2n) is 2.14. The molecule has 0 radical (unpaired) electrons. The van der Waals surface area contributed by atoms with Crippen LogP contribution in [0.4, 0.5) is 0 Å². The molecule has 3 nitrogen and oxygen atoms in total. The number of carbonyl (C=O) groups is 1. The van der Waals surface area contributed by atoms with Crippen molar-refractivity contribution in [2.75, 3.05) is 6.54 Å². The highest BCUT2D eigenvalue weighted by Crippen LogP contribution is 1.96. The van der Waals surface area contributed by atoms with E-state index in [4.69, 9.17) is 5.73 Å². The van der Waals surface area contributed by atoms with E-state index in [1.165, 1.54) is 0 Å². The van der Waals surface area contributed by atoms with Crippen LogP contribution in [0.5, 0.6) is 0 Å². The fourth-order valence-corrected chi connectivity index (χ4v) is 0.583. The van der Waals surface area contributed by atoms with E-state index in [-0.39, 0.29) is 5.91 Å². The lowest BCUT2D eigenvalue weighted by atomic mass is 10.2. The normalized spacial score (nSPS) is 12.3. The van der Waals surface area contributed by atoms with Crippen LogP contribution in [0.1, 0.15) is 20.8 Å². The maximum atomic E-state index is 10.5. The molecule has 58 valence electrons. The number of hydrogen-bond acceptors (Lipinski definition) is 2. The van der Waals surface area contributed by atoms with Crippen LogP contribution in [0.3, 0.4) is 0 Å². The first-order valence-electron chi connectivity index (χ1n) is 3.30. The van der Waals surface area contributed by atoms with E-state index in [0.717, 1.165) is 12.2 Å². The van der Waals surface area contributed by atoms with Crippen molar-refractivity contribution >= 4 is 5.91 Å². The van der Waals surface area contributed by atoms with Gasteiger partial charge in [-0.3, -0.25) is 4.79 Å². The molecular weight excluding hydrogens is 128 g/mol. The minimum Gasteiger partial charge on any atom is -0.388 e. The van der Waals surface area contributed by atoms with Gasteiger partial charge in [0.15, 0.2) is 0 Å². The Labute approximate surface area is 61.3 Å². The molecule has 10 heavy (non-hydrogen) atoms. The lowest BCUT2D eigenvalue weighted by molar-refractivity contribution is -0.114. The Morgan fingerprint density at radius 3 is 2.30 bits per heavy atom. The maximum Gasteiger partial charge on any atom is 0.246 e. The number of hydrogen-bond donors (Lipinski definition) is 2. The quantitative estimate of drug-likeness (QED) is 0.559. The lowest BCUT2D eigenvalue weighted by Crippen LogP contribution is -2.19. The van der Waals surface area contributed by atoms with E-state index in [1.807, 2.05) is 13.8 Å². The Morgan fingerprint density at radius 2 is 2.00 bits per heavy atom. The molecule has 0 unspecified atom stereocenters. The first-order chi connectivity index (χ1) is 4.59. The number of allylic oxidation sites excluding steroid dienone is 1. The minimum atomic E-state index is -0.363. The Morgan fingerprint density at radius 1 is 1.50 bits per heavy atom.